The maximum absolute atomic E-state index is 13.5. The standard InChI is InChI=1S/C16H18ClFN4.HI/c1-19-16(22-11-12-6-7-15(17)21-10-12)20-9-8-13-4-2-3-5-14(13)18;/h2-7,10H,8-9,11H2,1H3,(H2,19,20,22);1H. The Balaban J connectivity index is 0.00000264. The van der Waals surface area contributed by atoms with Crippen LogP contribution in [0.1, 0.15) is 11.1 Å². The first-order valence-electron chi connectivity index (χ1n) is 6.97. The molecule has 0 fully saturated rings. The van der Waals surface area contributed by atoms with Gasteiger partial charge in [0.25, 0.3) is 0 Å². The molecule has 2 rings (SSSR count). The molecule has 0 saturated carbocycles. The lowest BCUT2D eigenvalue weighted by atomic mass is 10.1. The summed E-state index contributed by atoms with van der Waals surface area (Å²) in [7, 11) is 1.69. The summed E-state index contributed by atoms with van der Waals surface area (Å²) in [5.74, 6) is 0.478. The highest BCUT2D eigenvalue weighted by Crippen LogP contribution is 2.06. The average molecular weight is 449 g/mol. The van der Waals surface area contributed by atoms with Gasteiger partial charge >= 0.3 is 0 Å². The number of pyridine rings is 1. The van der Waals surface area contributed by atoms with Gasteiger partial charge in [-0.25, -0.2) is 9.37 Å². The van der Waals surface area contributed by atoms with Crippen molar-refractivity contribution in [2.24, 2.45) is 4.99 Å². The van der Waals surface area contributed by atoms with E-state index in [0.717, 1.165) is 5.56 Å². The van der Waals surface area contributed by atoms with Crippen molar-refractivity contribution in [3.8, 4) is 0 Å². The van der Waals surface area contributed by atoms with E-state index in [2.05, 4.69) is 20.6 Å². The first kappa shape index (κ1) is 19.6. The fourth-order valence-corrected chi connectivity index (χ4v) is 2.05. The molecule has 2 N–H and O–H groups in total. The van der Waals surface area contributed by atoms with Crippen LogP contribution in [0.5, 0.6) is 0 Å². The number of halogens is 3. The molecule has 0 aliphatic rings. The van der Waals surface area contributed by atoms with Crippen LogP contribution in [0.25, 0.3) is 0 Å². The fourth-order valence-electron chi connectivity index (χ4n) is 1.93. The van der Waals surface area contributed by atoms with Crippen molar-refractivity contribution in [1.82, 2.24) is 15.6 Å². The number of guanidine groups is 1. The molecule has 2 aromatic rings. The quantitative estimate of drug-likeness (QED) is 0.319. The Morgan fingerprint density at radius 1 is 1.22 bits per heavy atom. The molecular weight excluding hydrogens is 430 g/mol. The van der Waals surface area contributed by atoms with Crippen LogP contribution in [0.4, 0.5) is 4.39 Å². The van der Waals surface area contributed by atoms with Crippen LogP contribution in [0, 0.1) is 5.82 Å². The molecule has 0 unspecified atom stereocenters. The highest BCUT2D eigenvalue weighted by atomic mass is 127. The van der Waals surface area contributed by atoms with Crippen LogP contribution in [0.15, 0.2) is 47.6 Å². The van der Waals surface area contributed by atoms with Crippen LogP contribution >= 0.6 is 35.6 Å². The maximum Gasteiger partial charge on any atom is 0.191 e. The molecule has 0 aliphatic heterocycles. The molecule has 0 amide bonds. The summed E-state index contributed by atoms with van der Waals surface area (Å²) >= 11 is 5.74. The fraction of sp³-hybridized carbons (Fsp3) is 0.250. The van der Waals surface area contributed by atoms with E-state index in [0.29, 0.717) is 36.2 Å². The first-order valence-corrected chi connectivity index (χ1v) is 7.35. The Morgan fingerprint density at radius 3 is 2.65 bits per heavy atom. The topological polar surface area (TPSA) is 49.3 Å². The Hall–Kier alpha value is -1.41. The normalized spacial score (nSPS) is 10.8. The Morgan fingerprint density at radius 2 is 2.00 bits per heavy atom. The number of aromatic nitrogens is 1. The lowest BCUT2D eigenvalue weighted by molar-refractivity contribution is 0.606. The van der Waals surface area contributed by atoms with Gasteiger partial charge in [0.05, 0.1) is 0 Å². The summed E-state index contributed by atoms with van der Waals surface area (Å²) in [6, 6.07) is 10.4. The maximum atomic E-state index is 13.5. The number of nitrogens with one attached hydrogen (secondary N) is 2. The monoisotopic (exact) mass is 448 g/mol. The summed E-state index contributed by atoms with van der Waals surface area (Å²) < 4.78 is 13.5. The van der Waals surface area contributed by atoms with E-state index in [9.17, 15) is 4.39 Å². The number of hydrogen-bond donors (Lipinski definition) is 2. The summed E-state index contributed by atoms with van der Waals surface area (Å²) in [4.78, 5) is 8.15. The third-order valence-electron chi connectivity index (χ3n) is 3.12. The van der Waals surface area contributed by atoms with Gasteiger partial charge in [0.2, 0.25) is 0 Å². The second-order valence-corrected chi connectivity index (χ2v) is 5.07. The van der Waals surface area contributed by atoms with E-state index in [4.69, 9.17) is 11.6 Å². The Labute approximate surface area is 157 Å². The van der Waals surface area contributed by atoms with Gasteiger partial charge in [-0.15, -0.1) is 24.0 Å². The number of rotatable bonds is 5. The van der Waals surface area contributed by atoms with Crippen LogP contribution in [0.2, 0.25) is 5.15 Å². The highest BCUT2D eigenvalue weighted by molar-refractivity contribution is 14.0. The van der Waals surface area contributed by atoms with Crippen molar-refractivity contribution in [3.05, 3.63) is 64.7 Å². The summed E-state index contributed by atoms with van der Waals surface area (Å²) in [6.07, 6.45) is 2.30. The molecule has 23 heavy (non-hydrogen) atoms. The van der Waals surface area contributed by atoms with E-state index in [1.165, 1.54) is 6.07 Å². The van der Waals surface area contributed by atoms with Crippen LogP contribution in [-0.2, 0) is 13.0 Å². The minimum absolute atomic E-state index is 0. The van der Waals surface area contributed by atoms with Crippen LogP contribution in [-0.4, -0.2) is 24.5 Å². The molecule has 7 heteroatoms. The lowest BCUT2D eigenvalue weighted by Crippen LogP contribution is -2.37. The molecule has 0 atom stereocenters. The molecular formula is C16H19ClFIN4. The second-order valence-electron chi connectivity index (χ2n) is 4.68. The van der Waals surface area contributed by atoms with Crippen molar-refractivity contribution < 1.29 is 4.39 Å². The average Bonchev–Trinajstić information content (AvgIpc) is 2.54. The van der Waals surface area contributed by atoms with Gasteiger partial charge in [-0.05, 0) is 29.7 Å². The Kier molecular flexibility index (Phi) is 8.86. The van der Waals surface area contributed by atoms with Gasteiger partial charge in [-0.2, -0.15) is 0 Å². The molecule has 4 nitrogen and oxygen atoms in total. The zero-order valence-electron chi connectivity index (χ0n) is 12.7. The van der Waals surface area contributed by atoms with E-state index in [-0.39, 0.29) is 29.8 Å². The van der Waals surface area contributed by atoms with Gasteiger partial charge in [0.1, 0.15) is 11.0 Å². The molecule has 124 valence electrons. The highest BCUT2D eigenvalue weighted by Gasteiger charge is 2.02. The Bertz CT molecular complexity index is 634. The predicted octanol–water partition coefficient (Wildman–Crippen LogP) is 3.40. The molecule has 1 aromatic carbocycles. The lowest BCUT2D eigenvalue weighted by Gasteiger charge is -2.12. The number of nitrogens with zero attached hydrogens (tertiary/aromatic N) is 2. The number of benzene rings is 1. The summed E-state index contributed by atoms with van der Waals surface area (Å²) in [6.45, 7) is 1.18. The smallest absolute Gasteiger partial charge is 0.191 e. The van der Waals surface area contributed by atoms with Gasteiger partial charge in [0, 0.05) is 26.3 Å². The van der Waals surface area contributed by atoms with Gasteiger partial charge in [0.15, 0.2) is 5.96 Å². The molecule has 0 saturated heterocycles. The predicted molar refractivity (Wildman–Crippen MR) is 103 cm³/mol. The molecule has 0 bridgehead atoms. The van der Waals surface area contributed by atoms with Crippen molar-refractivity contribution >= 4 is 41.5 Å². The first-order chi connectivity index (χ1) is 10.7. The van der Waals surface area contributed by atoms with Crippen molar-refractivity contribution in [2.75, 3.05) is 13.6 Å². The molecule has 0 spiro atoms. The van der Waals surface area contributed by atoms with Crippen LogP contribution < -0.4 is 10.6 Å². The van der Waals surface area contributed by atoms with E-state index in [1.54, 1.807) is 31.4 Å². The number of aliphatic imine (C=N–C) groups is 1. The van der Waals surface area contributed by atoms with Crippen LogP contribution in [0.3, 0.4) is 0 Å². The third kappa shape index (κ3) is 6.70. The second kappa shape index (κ2) is 10.4. The minimum atomic E-state index is -0.181. The van der Waals surface area contributed by atoms with E-state index >= 15 is 0 Å². The van der Waals surface area contributed by atoms with E-state index < -0.39 is 0 Å². The van der Waals surface area contributed by atoms with Gasteiger partial charge in [-0.3, -0.25) is 4.99 Å². The van der Waals surface area contributed by atoms with Gasteiger partial charge < -0.3 is 10.6 Å². The third-order valence-corrected chi connectivity index (χ3v) is 3.34. The summed E-state index contributed by atoms with van der Waals surface area (Å²) in [5.41, 5.74) is 1.69. The van der Waals surface area contributed by atoms with Crippen molar-refractivity contribution in [1.29, 1.82) is 0 Å². The zero-order chi connectivity index (χ0) is 15.8. The largest absolute Gasteiger partial charge is 0.356 e. The molecule has 1 heterocycles. The zero-order valence-corrected chi connectivity index (χ0v) is 15.8. The van der Waals surface area contributed by atoms with Gasteiger partial charge in [-0.1, -0.05) is 35.9 Å². The molecule has 1 aromatic heterocycles. The van der Waals surface area contributed by atoms with E-state index in [1.807, 2.05) is 12.1 Å². The minimum Gasteiger partial charge on any atom is -0.356 e. The molecule has 0 radical (unpaired) electrons. The van der Waals surface area contributed by atoms with Crippen molar-refractivity contribution in [2.45, 2.75) is 13.0 Å². The molecule has 0 aliphatic carbocycles. The summed E-state index contributed by atoms with van der Waals surface area (Å²) in [5, 5.41) is 6.79. The number of hydrogen-bond acceptors (Lipinski definition) is 2. The van der Waals surface area contributed by atoms with Crippen molar-refractivity contribution in [3.63, 3.8) is 0 Å². The SMILES string of the molecule is CN=C(NCCc1ccccc1F)NCc1ccc(Cl)nc1.I.